The average molecular weight is 544 g/mol. The summed E-state index contributed by atoms with van der Waals surface area (Å²) in [5, 5.41) is 12.7. The molecule has 1 aliphatic heterocycles. The highest BCUT2D eigenvalue weighted by atomic mass is 79.9. The summed E-state index contributed by atoms with van der Waals surface area (Å²) >= 11 is 3.62. The van der Waals surface area contributed by atoms with Gasteiger partial charge < -0.3 is 15.2 Å². The Kier molecular flexibility index (Phi) is 9.32. The number of esters is 1. The molecule has 1 fully saturated rings. The topological polar surface area (TPSA) is 134 Å². The third-order valence-corrected chi connectivity index (χ3v) is 6.28. The number of hydrogen-bond donors (Lipinski definition) is 3. The molecule has 0 saturated carbocycles. The zero-order valence-corrected chi connectivity index (χ0v) is 20.8. The van der Waals surface area contributed by atoms with Crippen LogP contribution in [0.2, 0.25) is 0 Å². The minimum Gasteiger partial charge on any atom is -0.509 e. The Morgan fingerprint density at radius 3 is 2.55 bits per heavy atom. The molecular formula is C21H26BrN3O7S. The SMILES string of the molecule is CCC(C)(C)OC(=O)C(=C(O)CBr)N1C(=O)CC1(NC(=O)NOCc1ccccc1)SC=O. The summed E-state index contributed by atoms with van der Waals surface area (Å²) in [7, 11) is 0. The summed E-state index contributed by atoms with van der Waals surface area (Å²) in [6.07, 6.45) is 0.175. The van der Waals surface area contributed by atoms with E-state index in [0.717, 1.165) is 10.5 Å². The fourth-order valence-electron chi connectivity index (χ4n) is 2.82. The first-order valence-corrected chi connectivity index (χ1v) is 12.0. The first kappa shape index (κ1) is 26.7. The normalized spacial score (nSPS) is 18.7. The third kappa shape index (κ3) is 6.71. The van der Waals surface area contributed by atoms with E-state index in [9.17, 15) is 24.3 Å². The van der Waals surface area contributed by atoms with Crippen molar-refractivity contribution in [1.29, 1.82) is 0 Å². The smallest absolute Gasteiger partial charge is 0.359 e. The van der Waals surface area contributed by atoms with Crippen molar-refractivity contribution in [1.82, 2.24) is 15.7 Å². The first-order chi connectivity index (χ1) is 15.6. The molecule has 1 aliphatic rings. The molecule has 33 heavy (non-hydrogen) atoms. The molecule has 1 unspecified atom stereocenters. The first-order valence-electron chi connectivity index (χ1n) is 9.99. The van der Waals surface area contributed by atoms with E-state index in [1.165, 1.54) is 0 Å². The van der Waals surface area contributed by atoms with Crippen LogP contribution in [0, 0.1) is 0 Å². The van der Waals surface area contributed by atoms with Gasteiger partial charge in [0, 0.05) is 0 Å². The number of halogens is 1. The van der Waals surface area contributed by atoms with Gasteiger partial charge >= 0.3 is 12.0 Å². The van der Waals surface area contributed by atoms with Gasteiger partial charge in [-0.1, -0.05) is 53.2 Å². The van der Waals surface area contributed by atoms with Crippen LogP contribution in [0.3, 0.4) is 0 Å². The Balaban J connectivity index is 2.22. The number of carbonyl (C=O) groups is 4. The number of aliphatic hydroxyl groups excluding tert-OH is 1. The second kappa shape index (κ2) is 11.5. The highest BCUT2D eigenvalue weighted by Gasteiger charge is 2.57. The maximum absolute atomic E-state index is 12.9. The molecule has 0 spiro atoms. The summed E-state index contributed by atoms with van der Waals surface area (Å²) in [6, 6.07) is 8.23. The number of allylic oxidation sites excluding steroid dienone is 1. The Morgan fingerprint density at radius 1 is 1.33 bits per heavy atom. The number of alkyl halides is 1. The number of thioether (sulfide) groups is 1. The number of urea groups is 1. The summed E-state index contributed by atoms with van der Waals surface area (Å²) in [4.78, 5) is 53.6. The van der Waals surface area contributed by atoms with Gasteiger partial charge in [0.15, 0.2) is 16.3 Å². The molecule has 180 valence electrons. The van der Waals surface area contributed by atoms with Crippen molar-refractivity contribution < 1.29 is 33.9 Å². The van der Waals surface area contributed by atoms with E-state index in [1.807, 2.05) is 25.1 Å². The predicted octanol–water partition coefficient (Wildman–Crippen LogP) is 3.12. The van der Waals surface area contributed by atoms with Crippen LogP contribution >= 0.6 is 27.7 Å². The standard InChI is InChI=1S/C21H26BrN3O7S/c1-4-20(2,3)32-18(29)17(15(27)11-22)25-16(28)10-21(25,33-13-26)23-19(30)24-31-12-14-8-6-5-7-9-14/h5-9,13,27H,4,10-12H2,1-3H3,(H2,23,24,30). The summed E-state index contributed by atoms with van der Waals surface area (Å²) in [5.41, 5.74) is 2.08. The molecule has 10 nitrogen and oxygen atoms in total. The fraction of sp³-hybridized carbons (Fsp3) is 0.429. The lowest BCUT2D eigenvalue weighted by atomic mass is 10.0. The Morgan fingerprint density at radius 2 is 2.00 bits per heavy atom. The number of nitrogens with one attached hydrogen (secondary N) is 2. The number of hydroxylamine groups is 1. The second-order valence-electron chi connectivity index (χ2n) is 7.67. The summed E-state index contributed by atoms with van der Waals surface area (Å²) in [5.74, 6) is -2.05. The van der Waals surface area contributed by atoms with Gasteiger partial charge in [-0.25, -0.2) is 15.1 Å². The molecule has 1 heterocycles. The van der Waals surface area contributed by atoms with Gasteiger partial charge in [0.05, 0.1) is 18.4 Å². The number of carbonyl (C=O) groups excluding carboxylic acids is 4. The fourth-order valence-corrected chi connectivity index (χ4v) is 3.90. The molecule has 0 aliphatic carbocycles. The maximum Gasteiger partial charge on any atom is 0.359 e. The third-order valence-electron chi connectivity index (χ3n) is 4.84. The highest BCUT2D eigenvalue weighted by molar-refractivity contribution is 9.09. The van der Waals surface area contributed by atoms with Crippen LogP contribution in [-0.4, -0.2) is 49.5 Å². The van der Waals surface area contributed by atoms with Gasteiger partial charge in [0.25, 0.3) is 0 Å². The highest BCUT2D eigenvalue weighted by Crippen LogP contribution is 2.42. The molecule has 0 aromatic heterocycles. The lowest BCUT2D eigenvalue weighted by Crippen LogP contribution is -2.71. The number of benzene rings is 1. The monoisotopic (exact) mass is 543 g/mol. The van der Waals surface area contributed by atoms with Crippen LogP contribution in [0.15, 0.2) is 41.8 Å². The second-order valence-corrected chi connectivity index (χ2v) is 9.33. The Labute approximate surface area is 204 Å². The van der Waals surface area contributed by atoms with Gasteiger partial charge in [0.1, 0.15) is 11.4 Å². The van der Waals surface area contributed by atoms with Crippen molar-refractivity contribution in [3.8, 4) is 0 Å². The van der Waals surface area contributed by atoms with E-state index in [2.05, 4.69) is 26.7 Å². The quantitative estimate of drug-likeness (QED) is 0.0566. The Bertz CT molecular complexity index is 922. The molecular weight excluding hydrogens is 518 g/mol. The van der Waals surface area contributed by atoms with Crippen LogP contribution in [0.1, 0.15) is 39.2 Å². The molecule has 1 saturated heterocycles. The van der Waals surface area contributed by atoms with E-state index < -0.39 is 40.0 Å². The number of β-lactam (4-membered cyclic amide) rings is 1. The minimum absolute atomic E-state index is 0.0820. The van der Waals surface area contributed by atoms with Gasteiger partial charge in [-0.3, -0.25) is 19.3 Å². The van der Waals surface area contributed by atoms with E-state index in [4.69, 9.17) is 9.57 Å². The van der Waals surface area contributed by atoms with E-state index >= 15 is 0 Å². The molecule has 0 bridgehead atoms. The van der Waals surface area contributed by atoms with Crippen LogP contribution in [0.25, 0.3) is 0 Å². The van der Waals surface area contributed by atoms with Crippen LogP contribution in [0.5, 0.6) is 0 Å². The zero-order valence-electron chi connectivity index (χ0n) is 18.4. The number of likely N-dealkylation sites (tertiary alicyclic amines) is 1. The zero-order chi connectivity index (χ0) is 24.6. The van der Waals surface area contributed by atoms with Crippen LogP contribution < -0.4 is 10.8 Å². The minimum atomic E-state index is -1.65. The van der Waals surface area contributed by atoms with Crippen molar-refractivity contribution in [2.24, 2.45) is 0 Å². The predicted molar refractivity (Wildman–Crippen MR) is 125 cm³/mol. The average Bonchev–Trinajstić information content (AvgIpc) is 2.77. The number of rotatable bonds is 11. The van der Waals surface area contributed by atoms with E-state index in [1.54, 1.807) is 26.0 Å². The van der Waals surface area contributed by atoms with E-state index in [-0.39, 0.29) is 18.4 Å². The van der Waals surface area contributed by atoms with E-state index in [0.29, 0.717) is 23.8 Å². The van der Waals surface area contributed by atoms with Gasteiger partial charge in [-0.05, 0) is 37.6 Å². The molecule has 2 rings (SSSR count). The van der Waals surface area contributed by atoms with Crippen molar-refractivity contribution in [2.75, 3.05) is 5.33 Å². The molecule has 1 atom stereocenters. The summed E-state index contributed by atoms with van der Waals surface area (Å²) < 4.78 is 5.45. The van der Waals surface area contributed by atoms with Crippen LogP contribution in [0.4, 0.5) is 4.79 Å². The van der Waals surface area contributed by atoms with Crippen molar-refractivity contribution >= 4 is 51.2 Å². The molecule has 12 heteroatoms. The van der Waals surface area contributed by atoms with Gasteiger partial charge in [0.2, 0.25) is 5.91 Å². The molecule has 1 aromatic carbocycles. The molecule has 0 radical (unpaired) electrons. The largest absolute Gasteiger partial charge is 0.509 e. The van der Waals surface area contributed by atoms with Gasteiger partial charge in [-0.15, -0.1) is 0 Å². The van der Waals surface area contributed by atoms with Crippen molar-refractivity contribution in [3.63, 3.8) is 0 Å². The lowest BCUT2D eigenvalue weighted by Gasteiger charge is -2.50. The van der Waals surface area contributed by atoms with Crippen LogP contribution in [-0.2, 0) is 30.6 Å². The number of aliphatic hydroxyl groups is 1. The number of amides is 3. The van der Waals surface area contributed by atoms with Crippen molar-refractivity contribution in [2.45, 2.75) is 50.8 Å². The molecule has 3 N–H and O–H groups in total. The number of hydrogen-bond acceptors (Lipinski definition) is 8. The van der Waals surface area contributed by atoms with Crippen molar-refractivity contribution in [3.05, 3.63) is 47.4 Å². The Hall–Kier alpha value is -2.57. The maximum atomic E-state index is 12.9. The molecule has 1 aromatic rings. The lowest BCUT2D eigenvalue weighted by molar-refractivity contribution is -0.162. The number of nitrogens with zero attached hydrogens (tertiary/aromatic N) is 1. The molecule has 3 amide bonds. The summed E-state index contributed by atoms with van der Waals surface area (Å²) in [6.45, 7) is 5.24. The number of ether oxygens (including phenoxy) is 1. The van der Waals surface area contributed by atoms with Gasteiger partial charge in [-0.2, -0.15) is 0 Å².